The molecule has 108 valence electrons. The average molecular weight is 316 g/mol. The van der Waals surface area contributed by atoms with Gasteiger partial charge in [0.25, 0.3) is 0 Å². The molecule has 0 atom stereocenters. The minimum Gasteiger partial charge on any atom is -0.354 e. The van der Waals surface area contributed by atoms with Gasteiger partial charge in [-0.3, -0.25) is 0 Å². The molecule has 1 N–H and O–H groups in total. The number of pyridine rings is 1. The fourth-order valence-electron chi connectivity index (χ4n) is 1.60. The molecule has 1 aromatic heterocycles. The number of nitrogens with zero attached hydrogens (tertiary/aromatic N) is 2. The zero-order chi connectivity index (χ0) is 15.6. The van der Waals surface area contributed by atoms with E-state index in [-0.39, 0.29) is 22.1 Å². The number of alkyl halides is 3. The number of benzene rings is 1. The van der Waals surface area contributed by atoms with Gasteiger partial charge in [0.15, 0.2) is 5.69 Å². The van der Waals surface area contributed by atoms with Crippen molar-refractivity contribution < 1.29 is 17.6 Å². The largest absolute Gasteiger partial charge is 0.418 e. The summed E-state index contributed by atoms with van der Waals surface area (Å²) in [6.45, 7) is 0. The maximum Gasteiger partial charge on any atom is 0.418 e. The first-order valence-corrected chi connectivity index (χ1v) is 5.88. The first-order chi connectivity index (χ1) is 9.81. The number of nitrogens with one attached hydrogen (secondary N) is 1. The summed E-state index contributed by atoms with van der Waals surface area (Å²) in [7, 11) is 0. The van der Waals surface area contributed by atoms with Crippen molar-refractivity contribution in [2.45, 2.75) is 6.18 Å². The molecule has 2 rings (SSSR count). The fourth-order valence-corrected chi connectivity index (χ4v) is 1.81. The molecule has 0 saturated heterocycles. The molecule has 0 fully saturated rings. The third-order valence-electron chi connectivity index (χ3n) is 2.51. The molecule has 3 nitrogen and oxygen atoms in total. The van der Waals surface area contributed by atoms with Crippen molar-refractivity contribution in [3.8, 4) is 6.07 Å². The Bertz CT molecular complexity index is 722. The van der Waals surface area contributed by atoms with Crippen molar-refractivity contribution in [3.05, 3.63) is 52.6 Å². The zero-order valence-corrected chi connectivity index (χ0v) is 10.9. The lowest BCUT2D eigenvalue weighted by atomic mass is 10.1. The highest BCUT2D eigenvalue weighted by Crippen LogP contribution is 2.36. The molecule has 0 saturated carbocycles. The number of aromatic nitrogens is 1. The lowest BCUT2D eigenvalue weighted by molar-refractivity contribution is -0.137. The summed E-state index contributed by atoms with van der Waals surface area (Å²) in [5, 5.41) is 11.1. The minimum atomic E-state index is -4.71. The van der Waals surface area contributed by atoms with Gasteiger partial charge < -0.3 is 5.32 Å². The second-order valence-corrected chi connectivity index (χ2v) is 4.39. The molecule has 0 aliphatic carbocycles. The summed E-state index contributed by atoms with van der Waals surface area (Å²) in [6, 6.07) is 5.24. The number of anilines is 2. The summed E-state index contributed by atoms with van der Waals surface area (Å²) < 4.78 is 51.5. The van der Waals surface area contributed by atoms with Crippen molar-refractivity contribution in [2.75, 3.05) is 5.32 Å². The van der Waals surface area contributed by atoms with E-state index in [1.165, 1.54) is 6.07 Å². The second-order valence-electron chi connectivity index (χ2n) is 3.98. The second kappa shape index (κ2) is 5.58. The van der Waals surface area contributed by atoms with Crippen LogP contribution in [0.2, 0.25) is 5.02 Å². The van der Waals surface area contributed by atoms with Gasteiger partial charge in [0.05, 0.1) is 28.2 Å². The summed E-state index contributed by atoms with van der Waals surface area (Å²) in [5.74, 6) is -0.996. The third-order valence-corrected chi connectivity index (χ3v) is 2.80. The number of hydrogen-bond donors (Lipinski definition) is 1. The van der Waals surface area contributed by atoms with Gasteiger partial charge in [0.2, 0.25) is 0 Å². The Hall–Kier alpha value is -2.33. The lowest BCUT2D eigenvalue weighted by Gasteiger charge is -2.14. The van der Waals surface area contributed by atoms with E-state index in [1.807, 2.05) is 0 Å². The normalized spacial score (nSPS) is 11.0. The van der Waals surface area contributed by atoms with Gasteiger partial charge in [0.1, 0.15) is 11.9 Å². The molecule has 0 spiro atoms. The third kappa shape index (κ3) is 3.41. The van der Waals surface area contributed by atoms with E-state index in [0.29, 0.717) is 6.07 Å². The topological polar surface area (TPSA) is 48.7 Å². The van der Waals surface area contributed by atoms with Crippen molar-refractivity contribution in [1.82, 2.24) is 4.98 Å². The predicted octanol–water partition coefficient (Wildman–Crippen LogP) is 4.51. The predicted molar refractivity (Wildman–Crippen MR) is 68.6 cm³/mol. The van der Waals surface area contributed by atoms with Gasteiger partial charge in [-0.25, -0.2) is 9.37 Å². The van der Waals surface area contributed by atoms with E-state index in [9.17, 15) is 17.6 Å². The van der Waals surface area contributed by atoms with Gasteiger partial charge in [-0.05, 0) is 24.3 Å². The number of halogens is 5. The van der Waals surface area contributed by atoms with Crippen LogP contribution in [0.5, 0.6) is 0 Å². The highest BCUT2D eigenvalue weighted by atomic mass is 35.5. The Morgan fingerprint density at radius 3 is 2.52 bits per heavy atom. The van der Waals surface area contributed by atoms with Crippen LogP contribution >= 0.6 is 11.6 Å². The smallest absolute Gasteiger partial charge is 0.354 e. The Morgan fingerprint density at radius 2 is 1.95 bits per heavy atom. The van der Waals surface area contributed by atoms with Crippen LogP contribution in [-0.4, -0.2) is 4.98 Å². The van der Waals surface area contributed by atoms with E-state index in [0.717, 1.165) is 18.3 Å². The molecule has 0 radical (unpaired) electrons. The standard InChI is InChI=1S/C13H6ClF4N3/c14-10-4-8(6-20-12(10)5-19)21-11-2-1-7(15)3-9(11)13(16,17)18/h1-4,6,21H. The summed E-state index contributed by atoms with van der Waals surface area (Å²) in [4.78, 5) is 3.69. The van der Waals surface area contributed by atoms with E-state index in [4.69, 9.17) is 16.9 Å². The van der Waals surface area contributed by atoms with Crippen LogP contribution in [0.3, 0.4) is 0 Å². The monoisotopic (exact) mass is 315 g/mol. The maximum absolute atomic E-state index is 13.0. The van der Waals surface area contributed by atoms with Crippen molar-refractivity contribution in [3.63, 3.8) is 0 Å². The molecule has 0 bridgehead atoms. The van der Waals surface area contributed by atoms with Crippen LogP contribution < -0.4 is 5.32 Å². The first kappa shape index (κ1) is 15.1. The Balaban J connectivity index is 2.41. The van der Waals surface area contributed by atoms with E-state index >= 15 is 0 Å². The summed E-state index contributed by atoms with van der Waals surface area (Å²) in [5.41, 5.74) is -1.39. The number of rotatable bonds is 2. The molecule has 8 heteroatoms. The van der Waals surface area contributed by atoms with Gasteiger partial charge in [-0.2, -0.15) is 18.4 Å². The summed E-state index contributed by atoms with van der Waals surface area (Å²) in [6.07, 6.45) is -3.55. The maximum atomic E-state index is 13.0. The Labute approximate surface area is 121 Å². The molecule has 2 aromatic rings. The molecule has 0 amide bonds. The van der Waals surface area contributed by atoms with E-state index in [1.54, 1.807) is 6.07 Å². The van der Waals surface area contributed by atoms with Gasteiger partial charge >= 0.3 is 6.18 Å². The zero-order valence-electron chi connectivity index (χ0n) is 10.2. The molecule has 1 aromatic carbocycles. The van der Waals surface area contributed by atoms with Crippen molar-refractivity contribution >= 4 is 23.0 Å². The molecule has 0 aliphatic heterocycles. The van der Waals surface area contributed by atoms with Crippen LogP contribution in [-0.2, 0) is 6.18 Å². The highest BCUT2D eigenvalue weighted by Gasteiger charge is 2.34. The fraction of sp³-hybridized carbons (Fsp3) is 0.0769. The Kier molecular flexibility index (Phi) is 4.00. The highest BCUT2D eigenvalue weighted by molar-refractivity contribution is 6.31. The SMILES string of the molecule is N#Cc1ncc(Nc2ccc(F)cc2C(F)(F)F)cc1Cl. The van der Waals surface area contributed by atoms with E-state index in [2.05, 4.69) is 10.3 Å². The number of hydrogen-bond acceptors (Lipinski definition) is 3. The van der Waals surface area contributed by atoms with Gasteiger partial charge in [-0.1, -0.05) is 11.6 Å². The molecular weight excluding hydrogens is 310 g/mol. The van der Waals surface area contributed by atoms with Gasteiger partial charge in [-0.15, -0.1) is 0 Å². The number of nitriles is 1. The molecule has 0 unspecified atom stereocenters. The van der Waals surface area contributed by atoms with Crippen LogP contribution in [0.25, 0.3) is 0 Å². The minimum absolute atomic E-state index is 0.00169. The molecular formula is C13H6ClF4N3. The Morgan fingerprint density at radius 1 is 1.24 bits per heavy atom. The van der Waals surface area contributed by atoms with Crippen molar-refractivity contribution in [2.24, 2.45) is 0 Å². The van der Waals surface area contributed by atoms with Crippen LogP contribution in [0.4, 0.5) is 28.9 Å². The summed E-state index contributed by atoms with van der Waals surface area (Å²) >= 11 is 5.74. The van der Waals surface area contributed by atoms with Crippen LogP contribution in [0.1, 0.15) is 11.3 Å². The van der Waals surface area contributed by atoms with E-state index < -0.39 is 17.6 Å². The quantitative estimate of drug-likeness (QED) is 0.830. The molecule has 21 heavy (non-hydrogen) atoms. The van der Waals surface area contributed by atoms with Crippen LogP contribution in [0, 0.1) is 17.1 Å². The van der Waals surface area contributed by atoms with Crippen molar-refractivity contribution in [1.29, 1.82) is 5.26 Å². The average Bonchev–Trinajstić information content (AvgIpc) is 2.40. The first-order valence-electron chi connectivity index (χ1n) is 5.50. The molecule has 0 aliphatic rings. The lowest BCUT2D eigenvalue weighted by Crippen LogP contribution is -2.09. The molecule has 1 heterocycles. The van der Waals surface area contributed by atoms with Gasteiger partial charge in [0, 0.05) is 0 Å². The van der Waals surface area contributed by atoms with Crippen LogP contribution in [0.15, 0.2) is 30.5 Å².